The molecule has 0 atom stereocenters. The van der Waals surface area contributed by atoms with E-state index < -0.39 is 4.92 Å². The van der Waals surface area contributed by atoms with Crippen molar-refractivity contribution in [3.63, 3.8) is 0 Å². The minimum absolute atomic E-state index is 0.0160. The van der Waals surface area contributed by atoms with Crippen molar-refractivity contribution in [1.82, 2.24) is 0 Å². The number of carbonyl (C=O) groups is 2. The Bertz CT molecular complexity index is 1250. The average molecular weight is 443 g/mol. The smallest absolute Gasteiger partial charge is 0.269 e. The zero-order valence-corrected chi connectivity index (χ0v) is 17.9. The Balaban J connectivity index is 1.50. The van der Waals surface area contributed by atoms with Gasteiger partial charge in [0.2, 0.25) is 5.91 Å². The molecule has 0 unspecified atom stereocenters. The molecular formula is C25H21N3O5. The van der Waals surface area contributed by atoms with Gasteiger partial charge in [-0.1, -0.05) is 24.3 Å². The summed E-state index contributed by atoms with van der Waals surface area (Å²) < 4.78 is 5.56. The van der Waals surface area contributed by atoms with Gasteiger partial charge >= 0.3 is 0 Å². The van der Waals surface area contributed by atoms with Gasteiger partial charge in [0.15, 0.2) is 6.61 Å². The highest BCUT2D eigenvalue weighted by atomic mass is 16.6. The summed E-state index contributed by atoms with van der Waals surface area (Å²) in [5, 5.41) is 13.5. The Kier molecular flexibility index (Phi) is 6.17. The number of nitro groups is 1. The Hall–Kier alpha value is -4.46. The van der Waals surface area contributed by atoms with E-state index in [0.717, 1.165) is 11.1 Å². The molecule has 0 aromatic heterocycles. The molecule has 8 heteroatoms. The zero-order valence-electron chi connectivity index (χ0n) is 17.9. The lowest BCUT2D eigenvalue weighted by Gasteiger charge is -2.30. The zero-order chi connectivity index (χ0) is 23.4. The number of non-ortho nitro benzene ring substituents is 1. The third-order valence-electron chi connectivity index (χ3n) is 5.29. The van der Waals surface area contributed by atoms with E-state index >= 15 is 0 Å². The van der Waals surface area contributed by atoms with Gasteiger partial charge in [0.05, 0.1) is 17.2 Å². The maximum absolute atomic E-state index is 12.6. The number of amides is 2. The van der Waals surface area contributed by atoms with Crippen LogP contribution in [-0.2, 0) is 16.1 Å². The maximum Gasteiger partial charge on any atom is 0.269 e. The van der Waals surface area contributed by atoms with E-state index in [2.05, 4.69) is 5.32 Å². The number of hydrogen-bond acceptors (Lipinski definition) is 5. The van der Waals surface area contributed by atoms with Gasteiger partial charge in [-0.05, 0) is 60.0 Å². The summed E-state index contributed by atoms with van der Waals surface area (Å²) in [7, 11) is 0. The Morgan fingerprint density at radius 2 is 1.91 bits per heavy atom. The second kappa shape index (κ2) is 9.35. The molecule has 1 aliphatic heterocycles. The monoisotopic (exact) mass is 443 g/mol. The van der Waals surface area contributed by atoms with E-state index in [1.807, 2.05) is 31.2 Å². The van der Waals surface area contributed by atoms with Crippen LogP contribution in [0.2, 0.25) is 0 Å². The molecule has 0 fully saturated rings. The molecule has 0 aliphatic carbocycles. The van der Waals surface area contributed by atoms with E-state index in [0.29, 0.717) is 29.2 Å². The fourth-order valence-corrected chi connectivity index (χ4v) is 3.47. The van der Waals surface area contributed by atoms with Crippen LogP contribution >= 0.6 is 0 Å². The second-order valence-electron chi connectivity index (χ2n) is 7.55. The lowest BCUT2D eigenvalue weighted by molar-refractivity contribution is -0.384. The average Bonchev–Trinajstić information content (AvgIpc) is 2.81. The van der Waals surface area contributed by atoms with Crippen molar-refractivity contribution < 1.29 is 19.2 Å². The molecule has 2 amide bonds. The third kappa shape index (κ3) is 5.07. The molecule has 0 radical (unpaired) electrons. The van der Waals surface area contributed by atoms with Crippen LogP contribution in [0.4, 0.5) is 17.1 Å². The highest BCUT2D eigenvalue weighted by Gasteiger charge is 2.26. The number of ether oxygens (including phenoxy) is 1. The van der Waals surface area contributed by atoms with E-state index in [1.165, 1.54) is 18.2 Å². The number of hydrogen-bond donors (Lipinski definition) is 1. The summed E-state index contributed by atoms with van der Waals surface area (Å²) in [4.78, 5) is 36.9. The fourth-order valence-electron chi connectivity index (χ4n) is 3.47. The van der Waals surface area contributed by atoms with Crippen molar-refractivity contribution in [2.45, 2.75) is 13.5 Å². The number of carbonyl (C=O) groups excluding carboxylic acids is 2. The normalized spacial score (nSPS) is 12.9. The van der Waals surface area contributed by atoms with Crippen molar-refractivity contribution in [3.8, 4) is 5.75 Å². The fraction of sp³-hybridized carbons (Fsp3) is 0.120. The molecule has 0 saturated heterocycles. The van der Waals surface area contributed by atoms with E-state index in [1.54, 1.807) is 41.3 Å². The van der Waals surface area contributed by atoms with Gasteiger partial charge < -0.3 is 15.0 Å². The first-order chi connectivity index (χ1) is 15.9. The molecule has 1 heterocycles. The second-order valence-corrected chi connectivity index (χ2v) is 7.55. The summed E-state index contributed by atoms with van der Waals surface area (Å²) in [6, 6.07) is 18.9. The minimum Gasteiger partial charge on any atom is -0.482 e. The van der Waals surface area contributed by atoms with E-state index in [-0.39, 0.29) is 24.1 Å². The predicted molar refractivity (Wildman–Crippen MR) is 125 cm³/mol. The van der Waals surface area contributed by atoms with E-state index in [4.69, 9.17) is 4.74 Å². The van der Waals surface area contributed by atoms with Gasteiger partial charge in [0, 0.05) is 23.9 Å². The summed E-state index contributed by atoms with van der Waals surface area (Å²) >= 11 is 0. The Morgan fingerprint density at radius 1 is 1.15 bits per heavy atom. The van der Waals surface area contributed by atoms with Gasteiger partial charge in [-0.15, -0.1) is 0 Å². The van der Waals surface area contributed by atoms with Gasteiger partial charge in [-0.25, -0.2) is 0 Å². The van der Waals surface area contributed by atoms with Gasteiger partial charge in [-0.2, -0.15) is 0 Å². The molecule has 3 aromatic carbocycles. The SMILES string of the molecule is Cc1ccccc1CN1C(=O)COc2ccc(NC(=O)/C=C/c3ccc([N+](=O)[O-])cc3)cc21. The van der Waals surface area contributed by atoms with Crippen molar-refractivity contribution in [3.05, 3.63) is 99.6 Å². The molecule has 1 N–H and O–H groups in total. The number of nitro benzene ring substituents is 1. The summed E-state index contributed by atoms with van der Waals surface area (Å²) in [5.74, 6) is 0.0386. The molecule has 1 aliphatic rings. The largest absolute Gasteiger partial charge is 0.482 e. The number of aryl methyl sites for hydroxylation is 1. The topological polar surface area (TPSA) is 102 Å². The van der Waals surface area contributed by atoms with Crippen LogP contribution in [0, 0.1) is 17.0 Å². The van der Waals surface area contributed by atoms with E-state index in [9.17, 15) is 19.7 Å². The standard InChI is InChI=1S/C25H21N3O5/c1-17-4-2-3-5-19(17)15-27-22-14-20(9-12-23(22)33-16-25(27)30)26-24(29)13-8-18-6-10-21(11-7-18)28(31)32/h2-14H,15-16H2,1H3,(H,26,29)/b13-8+. The Morgan fingerprint density at radius 3 is 2.64 bits per heavy atom. The quantitative estimate of drug-likeness (QED) is 0.344. The molecule has 8 nitrogen and oxygen atoms in total. The van der Waals surface area contributed by atoms with Crippen molar-refractivity contribution in [2.24, 2.45) is 0 Å². The molecule has 33 heavy (non-hydrogen) atoms. The number of nitrogens with one attached hydrogen (secondary N) is 1. The van der Waals surface area contributed by atoms with Gasteiger partial charge in [0.1, 0.15) is 5.75 Å². The van der Waals surface area contributed by atoms with Gasteiger partial charge in [0.25, 0.3) is 11.6 Å². The van der Waals surface area contributed by atoms with Crippen LogP contribution in [0.5, 0.6) is 5.75 Å². The molecular weight excluding hydrogens is 422 g/mol. The maximum atomic E-state index is 12.6. The number of rotatable bonds is 6. The van der Waals surface area contributed by atoms with Crippen LogP contribution in [0.3, 0.4) is 0 Å². The number of benzene rings is 3. The number of nitrogens with zero attached hydrogens (tertiary/aromatic N) is 2. The van der Waals surface area contributed by atoms with Crippen LogP contribution in [0.25, 0.3) is 6.08 Å². The molecule has 0 spiro atoms. The number of fused-ring (bicyclic) bond motifs is 1. The first kappa shape index (κ1) is 21.8. The molecule has 3 aromatic rings. The summed E-state index contributed by atoms with van der Waals surface area (Å²) in [6.07, 6.45) is 2.90. The highest BCUT2D eigenvalue weighted by molar-refractivity contribution is 6.03. The lowest BCUT2D eigenvalue weighted by atomic mass is 10.1. The van der Waals surface area contributed by atoms with Crippen LogP contribution in [-0.4, -0.2) is 23.3 Å². The summed E-state index contributed by atoms with van der Waals surface area (Å²) in [5.41, 5.74) is 3.85. The number of anilines is 2. The first-order valence-electron chi connectivity index (χ1n) is 10.3. The van der Waals surface area contributed by atoms with Crippen LogP contribution < -0.4 is 15.0 Å². The van der Waals surface area contributed by atoms with Crippen molar-refractivity contribution in [1.29, 1.82) is 0 Å². The molecule has 166 valence electrons. The molecule has 0 saturated carbocycles. The highest BCUT2D eigenvalue weighted by Crippen LogP contribution is 2.35. The van der Waals surface area contributed by atoms with Crippen molar-refractivity contribution in [2.75, 3.05) is 16.8 Å². The van der Waals surface area contributed by atoms with Crippen molar-refractivity contribution >= 4 is 35.0 Å². The minimum atomic E-state index is -0.479. The third-order valence-corrected chi connectivity index (χ3v) is 5.29. The molecule has 0 bridgehead atoms. The molecule has 4 rings (SSSR count). The Labute approximate surface area is 190 Å². The van der Waals surface area contributed by atoms with Gasteiger partial charge in [-0.3, -0.25) is 19.7 Å². The summed E-state index contributed by atoms with van der Waals surface area (Å²) in [6.45, 7) is 2.36. The van der Waals surface area contributed by atoms with Crippen LogP contribution in [0.15, 0.2) is 72.8 Å². The first-order valence-corrected chi connectivity index (χ1v) is 10.3. The van der Waals surface area contributed by atoms with Crippen LogP contribution in [0.1, 0.15) is 16.7 Å². The predicted octanol–water partition coefficient (Wildman–Crippen LogP) is 4.48. The lowest BCUT2D eigenvalue weighted by Crippen LogP contribution is -2.38.